The molecule has 0 aliphatic carbocycles. The van der Waals surface area contributed by atoms with Crippen LogP contribution in [0.5, 0.6) is 0 Å². The summed E-state index contributed by atoms with van der Waals surface area (Å²) >= 11 is 0. The van der Waals surface area contributed by atoms with Crippen LogP contribution in [-0.2, 0) is 21.3 Å². The summed E-state index contributed by atoms with van der Waals surface area (Å²) in [5.74, 6) is 0.0170. The van der Waals surface area contributed by atoms with E-state index in [0.29, 0.717) is 43.0 Å². The van der Waals surface area contributed by atoms with Gasteiger partial charge in [0.1, 0.15) is 12.4 Å². The zero-order chi connectivity index (χ0) is 20.9. The number of anilines is 1. The van der Waals surface area contributed by atoms with Crippen LogP contribution in [0.1, 0.15) is 18.4 Å². The molecule has 0 saturated carbocycles. The zero-order valence-corrected chi connectivity index (χ0v) is 16.9. The lowest BCUT2D eigenvalue weighted by Gasteiger charge is -2.27. The van der Waals surface area contributed by atoms with Crippen molar-refractivity contribution < 1.29 is 22.8 Å². The third-order valence-corrected chi connectivity index (χ3v) is 5.47. The lowest BCUT2D eigenvalue weighted by molar-refractivity contribution is 0.158. The number of aromatic nitrogens is 2. The maximum atomic E-state index is 14.4. The Hall–Kier alpha value is -2.59. The summed E-state index contributed by atoms with van der Waals surface area (Å²) in [6.07, 6.45) is 5.62. The largest absolute Gasteiger partial charge is 0.395 e. The SMILES string of the molecule is CS(=O)(=O)CCON=C1CCN(c2ncc(-c3cccc(CO)c3F)cn2)CC1. The van der Waals surface area contributed by atoms with Gasteiger partial charge >= 0.3 is 0 Å². The summed E-state index contributed by atoms with van der Waals surface area (Å²) in [6.45, 7) is 0.989. The second kappa shape index (κ2) is 9.27. The standard InChI is InChI=1S/C19H23FN4O4S/c1-29(26,27)10-9-28-23-16-5-7-24(8-6-16)19-21-11-15(12-22-19)17-4-2-3-14(13-25)18(17)20/h2-4,11-12,25H,5-10,13H2,1H3. The van der Waals surface area contributed by atoms with E-state index in [2.05, 4.69) is 15.1 Å². The molecular weight excluding hydrogens is 399 g/mol. The number of oxime groups is 1. The Labute approximate surface area is 169 Å². The van der Waals surface area contributed by atoms with E-state index in [4.69, 9.17) is 4.84 Å². The molecule has 2 heterocycles. The second-order valence-electron chi connectivity index (χ2n) is 6.82. The zero-order valence-electron chi connectivity index (χ0n) is 16.1. The Balaban J connectivity index is 1.58. The molecule has 1 aliphatic heterocycles. The van der Waals surface area contributed by atoms with Crippen molar-refractivity contribution in [1.29, 1.82) is 0 Å². The lowest BCUT2D eigenvalue weighted by atomic mass is 10.1. The molecule has 1 aromatic heterocycles. The van der Waals surface area contributed by atoms with E-state index in [1.54, 1.807) is 24.5 Å². The molecule has 0 spiro atoms. The fourth-order valence-corrected chi connectivity index (χ4v) is 3.31. The molecular formula is C19H23FN4O4S. The predicted molar refractivity (Wildman–Crippen MR) is 108 cm³/mol. The molecule has 0 radical (unpaired) electrons. The highest BCUT2D eigenvalue weighted by molar-refractivity contribution is 7.90. The topological polar surface area (TPSA) is 105 Å². The number of aliphatic hydroxyl groups is 1. The van der Waals surface area contributed by atoms with Crippen molar-refractivity contribution in [2.45, 2.75) is 19.4 Å². The van der Waals surface area contributed by atoms with Crippen molar-refractivity contribution in [2.75, 3.05) is 36.6 Å². The predicted octanol–water partition coefficient (Wildman–Crippen LogP) is 1.79. The fourth-order valence-electron chi connectivity index (χ4n) is 2.93. The minimum Gasteiger partial charge on any atom is -0.395 e. The van der Waals surface area contributed by atoms with Crippen molar-refractivity contribution >= 4 is 21.5 Å². The van der Waals surface area contributed by atoms with Crippen LogP contribution < -0.4 is 4.90 Å². The highest BCUT2D eigenvalue weighted by Crippen LogP contribution is 2.25. The fraction of sp³-hybridized carbons (Fsp3) is 0.421. The first-order valence-corrected chi connectivity index (χ1v) is 11.2. The minimum atomic E-state index is -3.06. The summed E-state index contributed by atoms with van der Waals surface area (Å²) in [6, 6.07) is 4.84. The van der Waals surface area contributed by atoms with Crippen molar-refractivity contribution in [1.82, 2.24) is 9.97 Å². The van der Waals surface area contributed by atoms with Crippen molar-refractivity contribution in [2.24, 2.45) is 5.16 Å². The van der Waals surface area contributed by atoms with Gasteiger partial charge in [-0.05, 0) is 0 Å². The van der Waals surface area contributed by atoms with Crippen LogP contribution in [0.2, 0.25) is 0 Å². The van der Waals surface area contributed by atoms with Crippen LogP contribution in [0.4, 0.5) is 10.3 Å². The summed E-state index contributed by atoms with van der Waals surface area (Å²) in [5.41, 5.74) is 1.99. The van der Waals surface area contributed by atoms with Crippen LogP contribution in [0.25, 0.3) is 11.1 Å². The third-order valence-electron chi connectivity index (χ3n) is 4.56. The third kappa shape index (κ3) is 5.70. The van der Waals surface area contributed by atoms with E-state index < -0.39 is 15.7 Å². The number of benzene rings is 1. The number of halogens is 1. The Kier molecular flexibility index (Phi) is 6.75. The van der Waals surface area contributed by atoms with Crippen LogP contribution in [0, 0.1) is 5.82 Å². The molecule has 2 aromatic rings. The van der Waals surface area contributed by atoms with E-state index in [1.807, 2.05) is 4.90 Å². The molecule has 0 unspecified atom stereocenters. The van der Waals surface area contributed by atoms with Crippen LogP contribution in [0.3, 0.4) is 0 Å². The van der Waals surface area contributed by atoms with Gasteiger partial charge in [-0.25, -0.2) is 22.8 Å². The van der Waals surface area contributed by atoms with Crippen LogP contribution >= 0.6 is 0 Å². The van der Waals surface area contributed by atoms with Gasteiger partial charge in [0.25, 0.3) is 0 Å². The first-order chi connectivity index (χ1) is 13.9. The Morgan fingerprint density at radius 3 is 2.55 bits per heavy atom. The summed E-state index contributed by atoms with van der Waals surface area (Å²) in [4.78, 5) is 15.8. The molecule has 0 atom stereocenters. The quantitative estimate of drug-likeness (QED) is 0.536. The monoisotopic (exact) mass is 422 g/mol. The van der Waals surface area contributed by atoms with E-state index in [0.717, 1.165) is 12.0 Å². The number of aliphatic hydroxyl groups excluding tert-OH is 1. The molecule has 29 heavy (non-hydrogen) atoms. The molecule has 3 rings (SSSR count). The number of hydrogen-bond donors (Lipinski definition) is 1. The van der Waals surface area contributed by atoms with E-state index in [-0.39, 0.29) is 24.5 Å². The van der Waals surface area contributed by atoms with Crippen molar-refractivity contribution in [3.05, 3.63) is 42.0 Å². The number of rotatable bonds is 7. The van der Waals surface area contributed by atoms with Gasteiger partial charge in [-0.1, -0.05) is 23.4 Å². The molecule has 1 aliphatic rings. The minimum absolute atomic E-state index is 0.0463. The molecule has 1 aromatic carbocycles. The van der Waals surface area contributed by atoms with Crippen LogP contribution in [0.15, 0.2) is 35.7 Å². The van der Waals surface area contributed by atoms with Gasteiger partial charge in [0, 0.05) is 61.3 Å². The maximum absolute atomic E-state index is 14.4. The molecule has 8 nitrogen and oxygen atoms in total. The first-order valence-electron chi connectivity index (χ1n) is 9.18. The van der Waals surface area contributed by atoms with E-state index >= 15 is 0 Å². The van der Waals surface area contributed by atoms with Crippen molar-refractivity contribution in [3.63, 3.8) is 0 Å². The van der Waals surface area contributed by atoms with Gasteiger partial charge in [-0.3, -0.25) is 0 Å². The van der Waals surface area contributed by atoms with Crippen molar-refractivity contribution in [3.8, 4) is 11.1 Å². The second-order valence-corrected chi connectivity index (χ2v) is 9.08. The first kappa shape index (κ1) is 21.1. The maximum Gasteiger partial charge on any atom is 0.225 e. The number of piperidine rings is 1. The highest BCUT2D eigenvalue weighted by Gasteiger charge is 2.18. The summed E-state index contributed by atoms with van der Waals surface area (Å²) in [7, 11) is -3.06. The highest BCUT2D eigenvalue weighted by atomic mass is 32.2. The van der Waals surface area contributed by atoms with Gasteiger partial charge in [0.2, 0.25) is 5.95 Å². The Morgan fingerprint density at radius 1 is 1.24 bits per heavy atom. The molecule has 10 heteroatoms. The number of sulfone groups is 1. The lowest BCUT2D eigenvalue weighted by Crippen LogP contribution is -2.35. The number of nitrogens with zero attached hydrogens (tertiary/aromatic N) is 4. The van der Waals surface area contributed by atoms with Gasteiger partial charge in [-0.2, -0.15) is 0 Å². The van der Waals surface area contributed by atoms with Crippen LogP contribution in [-0.4, -0.2) is 60.9 Å². The smallest absolute Gasteiger partial charge is 0.225 e. The van der Waals surface area contributed by atoms with E-state index in [9.17, 15) is 17.9 Å². The molecule has 1 N–H and O–H groups in total. The molecule has 156 valence electrons. The molecule has 0 bridgehead atoms. The average Bonchev–Trinajstić information content (AvgIpc) is 2.71. The number of hydrogen-bond acceptors (Lipinski definition) is 8. The summed E-state index contributed by atoms with van der Waals surface area (Å²) in [5, 5.41) is 13.2. The molecule has 0 amide bonds. The average molecular weight is 422 g/mol. The van der Waals surface area contributed by atoms with Gasteiger partial charge < -0.3 is 14.8 Å². The molecule has 1 fully saturated rings. The molecule has 1 saturated heterocycles. The van der Waals surface area contributed by atoms with Gasteiger partial charge in [0.15, 0.2) is 9.84 Å². The summed E-state index contributed by atoms with van der Waals surface area (Å²) < 4.78 is 36.5. The Morgan fingerprint density at radius 2 is 1.93 bits per heavy atom. The van der Waals surface area contributed by atoms with Gasteiger partial charge in [-0.15, -0.1) is 0 Å². The van der Waals surface area contributed by atoms with Gasteiger partial charge in [0.05, 0.1) is 18.1 Å². The normalized spacial score (nSPS) is 14.7. The van der Waals surface area contributed by atoms with E-state index in [1.165, 1.54) is 6.07 Å². The Bertz CT molecular complexity index is 970.